The van der Waals surface area contributed by atoms with E-state index in [1.165, 1.54) is 147 Å². The second kappa shape index (κ2) is 22.4. The van der Waals surface area contributed by atoms with E-state index in [0.717, 1.165) is 0 Å². The van der Waals surface area contributed by atoms with Gasteiger partial charge in [-0.1, -0.05) is 166 Å². The number of imidazole rings is 1. The monoisotopic (exact) mass is 508 g/mol. The van der Waals surface area contributed by atoms with Crippen LogP contribution in [-0.2, 0) is 6.42 Å². The smallest absolute Gasteiger partial charge is 0.0948 e. The van der Waals surface area contributed by atoms with Crippen LogP contribution in [0.1, 0.15) is 160 Å². The van der Waals surface area contributed by atoms with Crippen LogP contribution < -0.4 is 0 Å². The standard InChI is InChI=1S/C35H60N2/c1-3-5-7-8-9-10-11-12-13-14-15-16-17-18-19-20-24-27-34(31-33-25-22-21-23-26-33)35(28-6-4-2)37-30-29-36-32-37/h21-23,25-26,29-30,32,34-35H,3-20,24,27-28,31H2,1-2H3. The SMILES string of the molecule is CCCCCCCCCCCCCCCCCCCC(Cc1ccccc1)C(CCCC)n1ccnc1. The average molecular weight is 509 g/mol. The summed E-state index contributed by atoms with van der Waals surface area (Å²) in [5, 5.41) is 0. The minimum absolute atomic E-state index is 0.573. The van der Waals surface area contributed by atoms with Crippen molar-refractivity contribution in [2.24, 2.45) is 5.92 Å². The zero-order valence-electron chi connectivity index (χ0n) is 24.7. The molecule has 2 heteroatoms. The first-order valence-electron chi connectivity index (χ1n) is 16.4. The molecule has 0 N–H and O–H groups in total. The van der Waals surface area contributed by atoms with E-state index in [-0.39, 0.29) is 0 Å². The minimum atomic E-state index is 0.573. The molecule has 1 aromatic carbocycles. The van der Waals surface area contributed by atoms with Crippen LogP contribution in [0, 0.1) is 5.92 Å². The fraction of sp³-hybridized carbons (Fsp3) is 0.743. The van der Waals surface area contributed by atoms with Crippen molar-refractivity contribution in [3.05, 3.63) is 54.6 Å². The summed E-state index contributed by atoms with van der Waals surface area (Å²) < 4.78 is 2.40. The highest BCUT2D eigenvalue weighted by molar-refractivity contribution is 5.15. The Morgan fingerprint density at radius 2 is 1.11 bits per heavy atom. The van der Waals surface area contributed by atoms with Gasteiger partial charge in [-0.3, -0.25) is 0 Å². The molecule has 2 aromatic rings. The third kappa shape index (κ3) is 15.4. The van der Waals surface area contributed by atoms with Gasteiger partial charge in [0.25, 0.3) is 0 Å². The Hall–Kier alpha value is -1.57. The maximum Gasteiger partial charge on any atom is 0.0948 e. The summed E-state index contributed by atoms with van der Waals surface area (Å²) in [6.07, 6.45) is 37.0. The fourth-order valence-corrected chi connectivity index (χ4v) is 5.99. The molecule has 37 heavy (non-hydrogen) atoms. The highest BCUT2D eigenvalue weighted by Crippen LogP contribution is 2.32. The highest BCUT2D eigenvalue weighted by atomic mass is 15.1. The van der Waals surface area contributed by atoms with Gasteiger partial charge in [-0.05, 0) is 30.7 Å². The summed E-state index contributed by atoms with van der Waals surface area (Å²) in [5.41, 5.74) is 1.49. The number of hydrogen-bond donors (Lipinski definition) is 0. The molecule has 0 bridgehead atoms. The maximum absolute atomic E-state index is 4.39. The first kappa shape index (κ1) is 31.6. The van der Waals surface area contributed by atoms with Crippen molar-refractivity contribution in [3.8, 4) is 0 Å². The molecule has 210 valence electrons. The Bertz CT molecular complexity index is 708. The van der Waals surface area contributed by atoms with Gasteiger partial charge < -0.3 is 4.57 Å². The molecule has 0 aliphatic carbocycles. The van der Waals surface area contributed by atoms with Gasteiger partial charge in [0.2, 0.25) is 0 Å². The summed E-state index contributed by atoms with van der Waals surface area (Å²) in [6.45, 7) is 4.62. The van der Waals surface area contributed by atoms with Crippen LogP contribution in [0.5, 0.6) is 0 Å². The zero-order chi connectivity index (χ0) is 26.2. The predicted octanol–water partition coefficient (Wildman–Crippen LogP) is 11.5. The number of hydrogen-bond acceptors (Lipinski definition) is 1. The topological polar surface area (TPSA) is 17.8 Å². The third-order valence-electron chi connectivity index (χ3n) is 8.32. The van der Waals surface area contributed by atoms with Gasteiger partial charge in [-0.15, -0.1) is 0 Å². The second-order valence-corrected chi connectivity index (χ2v) is 11.6. The summed E-state index contributed by atoms with van der Waals surface area (Å²) in [4.78, 5) is 4.39. The Kier molecular flexibility index (Phi) is 19.2. The van der Waals surface area contributed by atoms with E-state index in [9.17, 15) is 0 Å². The molecular formula is C35H60N2. The molecule has 2 nitrogen and oxygen atoms in total. The summed E-state index contributed by atoms with van der Waals surface area (Å²) in [5.74, 6) is 0.694. The van der Waals surface area contributed by atoms with E-state index in [2.05, 4.69) is 59.9 Å². The lowest BCUT2D eigenvalue weighted by atomic mass is 9.84. The van der Waals surface area contributed by atoms with E-state index >= 15 is 0 Å². The van der Waals surface area contributed by atoms with E-state index in [1.54, 1.807) is 0 Å². The Balaban J connectivity index is 1.57. The van der Waals surface area contributed by atoms with Crippen molar-refractivity contribution < 1.29 is 0 Å². The van der Waals surface area contributed by atoms with Crippen LogP contribution in [0.25, 0.3) is 0 Å². The van der Waals surface area contributed by atoms with Gasteiger partial charge in [0, 0.05) is 18.4 Å². The number of benzene rings is 1. The fourth-order valence-electron chi connectivity index (χ4n) is 5.99. The molecule has 0 fully saturated rings. The largest absolute Gasteiger partial charge is 0.334 e. The second-order valence-electron chi connectivity index (χ2n) is 11.6. The van der Waals surface area contributed by atoms with E-state index in [1.807, 2.05) is 12.5 Å². The summed E-state index contributed by atoms with van der Waals surface area (Å²) >= 11 is 0. The van der Waals surface area contributed by atoms with Gasteiger partial charge >= 0.3 is 0 Å². The van der Waals surface area contributed by atoms with Crippen molar-refractivity contribution in [3.63, 3.8) is 0 Å². The first-order chi connectivity index (χ1) is 18.3. The molecule has 0 amide bonds. The quantitative estimate of drug-likeness (QED) is 0.122. The molecule has 0 saturated heterocycles. The lowest BCUT2D eigenvalue weighted by Gasteiger charge is -2.29. The maximum atomic E-state index is 4.39. The molecule has 1 heterocycles. The van der Waals surface area contributed by atoms with Gasteiger partial charge in [-0.2, -0.15) is 0 Å². The highest BCUT2D eigenvalue weighted by Gasteiger charge is 2.22. The van der Waals surface area contributed by atoms with Crippen molar-refractivity contribution in [2.75, 3.05) is 0 Å². The molecule has 1 aromatic heterocycles. The van der Waals surface area contributed by atoms with E-state index < -0.39 is 0 Å². The summed E-state index contributed by atoms with van der Waals surface area (Å²) in [6, 6.07) is 11.7. The van der Waals surface area contributed by atoms with Gasteiger partial charge in [0.05, 0.1) is 6.33 Å². The number of rotatable bonds is 25. The number of nitrogens with zero attached hydrogens (tertiary/aromatic N) is 2. The molecule has 0 aliphatic rings. The van der Waals surface area contributed by atoms with Gasteiger partial charge in [0.1, 0.15) is 0 Å². The van der Waals surface area contributed by atoms with Crippen LogP contribution in [0.2, 0.25) is 0 Å². The molecule has 0 spiro atoms. The van der Waals surface area contributed by atoms with Crippen LogP contribution in [-0.4, -0.2) is 9.55 Å². The number of aromatic nitrogens is 2. The lowest BCUT2D eigenvalue weighted by molar-refractivity contribution is 0.277. The van der Waals surface area contributed by atoms with Crippen molar-refractivity contribution in [2.45, 2.75) is 161 Å². The first-order valence-corrected chi connectivity index (χ1v) is 16.4. The Morgan fingerprint density at radius 3 is 1.59 bits per heavy atom. The average Bonchev–Trinajstić information content (AvgIpc) is 3.46. The molecule has 2 rings (SSSR count). The van der Waals surface area contributed by atoms with Gasteiger partial charge in [-0.25, -0.2) is 4.98 Å². The Labute approximate surface area is 231 Å². The van der Waals surface area contributed by atoms with Gasteiger partial charge in [0.15, 0.2) is 0 Å². The van der Waals surface area contributed by atoms with Crippen LogP contribution in [0.15, 0.2) is 49.1 Å². The van der Waals surface area contributed by atoms with E-state index in [4.69, 9.17) is 0 Å². The molecule has 2 atom stereocenters. The third-order valence-corrected chi connectivity index (χ3v) is 8.32. The molecule has 0 radical (unpaired) electrons. The molecule has 0 aliphatic heterocycles. The van der Waals surface area contributed by atoms with Crippen LogP contribution in [0.3, 0.4) is 0 Å². The van der Waals surface area contributed by atoms with Crippen molar-refractivity contribution >= 4 is 0 Å². The van der Waals surface area contributed by atoms with E-state index in [0.29, 0.717) is 12.0 Å². The van der Waals surface area contributed by atoms with Crippen molar-refractivity contribution in [1.82, 2.24) is 9.55 Å². The Morgan fingerprint density at radius 1 is 0.595 bits per heavy atom. The predicted molar refractivity (Wildman–Crippen MR) is 163 cm³/mol. The molecule has 0 saturated carbocycles. The molecular weight excluding hydrogens is 448 g/mol. The van der Waals surface area contributed by atoms with Crippen molar-refractivity contribution in [1.29, 1.82) is 0 Å². The zero-order valence-corrected chi connectivity index (χ0v) is 24.7. The molecule has 2 unspecified atom stereocenters. The minimum Gasteiger partial charge on any atom is -0.334 e. The van der Waals surface area contributed by atoms with Crippen LogP contribution >= 0.6 is 0 Å². The lowest BCUT2D eigenvalue weighted by Crippen LogP contribution is -2.21. The summed E-state index contributed by atoms with van der Waals surface area (Å²) in [7, 11) is 0. The number of unbranched alkanes of at least 4 members (excludes halogenated alkanes) is 17. The normalized spacial score (nSPS) is 13.1. The van der Waals surface area contributed by atoms with Crippen LogP contribution in [0.4, 0.5) is 0 Å².